The van der Waals surface area contributed by atoms with Crippen LogP contribution in [0.3, 0.4) is 0 Å². The van der Waals surface area contributed by atoms with Crippen LogP contribution in [0, 0.1) is 5.82 Å². The fourth-order valence-electron chi connectivity index (χ4n) is 2.51. The van der Waals surface area contributed by atoms with Gasteiger partial charge < -0.3 is 4.74 Å². The van der Waals surface area contributed by atoms with E-state index in [0.29, 0.717) is 17.4 Å². The van der Waals surface area contributed by atoms with Crippen LogP contribution in [0.2, 0.25) is 0 Å². The minimum atomic E-state index is -4.58. The van der Waals surface area contributed by atoms with Gasteiger partial charge in [-0.1, -0.05) is 26.0 Å². The summed E-state index contributed by atoms with van der Waals surface area (Å²) < 4.78 is 58.7. The Balaban J connectivity index is 1.97. The van der Waals surface area contributed by atoms with E-state index in [9.17, 15) is 22.4 Å². The largest absolute Gasteiger partial charge is 0.416 e. The van der Waals surface area contributed by atoms with E-state index in [1.54, 1.807) is 6.07 Å². The molecule has 2 aromatic carbocycles. The van der Waals surface area contributed by atoms with E-state index in [1.807, 2.05) is 13.8 Å². The molecule has 0 N–H and O–H groups in total. The summed E-state index contributed by atoms with van der Waals surface area (Å²) in [7, 11) is 0. The third kappa shape index (κ3) is 4.21. The highest BCUT2D eigenvalue weighted by Gasteiger charge is 2.31. The molecule has 8 heteroatoms. The summed E-state index contributed by atoms with van der Waals surface area (Å²) in [6.45, 7) is 3.74. The number of carbonyl (C=O) groups excluding carboxylic acids is 1. The molecule has 0 unspecified atom stereocenters. The maximum atomic E-state index is 13.6. The fourth-order valence-corrected chi connectivity index (χ4v) is 2.51. The average molecular weight is 392 g/mol. The zero-order valence-corrected chi connectivity index (χ0v) is 15.0. The lowest BCUT2D eigenvalue weighted by atomic mass is 10.1. The molecule has 0 aliphatic carbocycles. The van der Waals surface area contributed by atoms with Crippen LogP contribution in [-0.4, -0.2) is 15.7 Å². The van der Waals surface area contributed by atoms with Gasteiger partial charge in [0.15, 0.2) is 0 Å². The maximum absolute atomic E-state index is 13.6. The molecule has 0 aliphatic rings. The van der Waals surface area contributed by atoms with E-state index in [4.69, 9.17) is 4.74 Å². The van der Waals surface area contributed by atoms with E-state index in [2.05, 4.69) is 5.10 Å². The number of alkyl halides is 3. The zero-order chi connectivity index (χ0) is 20.5. The molecule has 0 fully saturated rings. The molecule has 0 aliphatic heterocycles. The lowest BCUT2D eigenvalue weighted by Gasteiger charge is -2.10. The number of aromatic nitrogens is 2. The molecule has 0 bridgehead atoms. The summed E-state index contributed by atoms with van der Waals surface area (Å²) in [5, 5.41) is 4.32. The maximum Gasteiger partial charge on any atom is 0.416 e. The van der Waals surface area contributed by atoms with Crippen molar-refractivity contribution in [2.45, 2.75) is 25.9 Å². The molecular weight excluding hydrogens is 376 g/mol. The van der Waals surface area contributed by atoms with Gasteiger partial charge in [-0.05, 0) is 42.3 Å². The van der Waals surface area contributed by atoms with Crippen LogP contribution in [0.25, 0.3) is 5.69 Å². The average Bonchev–Trinajstić information content (AvgIpc) is 3.05. The monoisotopic (exact) mass is 392 g/mol. The third-order valence-corrected chi connectivity index (χ3v) is 3.96. The second kappa shape index (κ2) is 7.46. The van der Waals surface area contributed by atoms with Crippen molar-refractivity contribution in [3.05, 3.63) is 77.2 Å². The molecule has 4 nitrogen and oxygen atoms in total. The van der Waals surface area contributed by atoms with Crippen molar-refractivity contribution in [3.63, 3.8) is 0 Å². The molecule has 0 radical (unpaired) electrons. The van der Waals surface area contributed by atoms with Gasteiger partial charge in [0.2, 0.25) is 5.88 Å². The predicted octanol–water partition coefficient (Wildman–Crippen LogP) is 5.37. The first kappa shape index (κ1) is 19.6. The Labute approximate surface area is 158 Å². The minimum absolute atomic E-state index is 0.0131. The molecule has 0 saturated carbocycles. The van der Waals surface area contributed by atoms with Gasteiger partial charge in [-0.2, -0.15) is 18.3 Å². The highest BCUT2D eigenvalue weighted by Crippen LogP contribution is 2.30. The van der Waals surface area contributed by atoms with Gasteiger partial charge in [-0.3, -0.25) is 0 Å². The van der Waals surface area contributed by atoms with E-state index in [-0.39, 0.29) is 17.4 Å². The Kier molecular flexibility index (Phi) is 5.22. The van der Waals surface area contributed by atoms with E-state index in [0.717, 1.165) is 12.1 Å². The van der Waals surface area contributed by atoms with Crippen molar-refractivity contribution in [2.24, 2.45) is 0 Å². The molecule has 0 spiro atoms. The van der Waals surface area contributed by atoms with E-state index < -0.39 is 23.5 Å². The summed E-state index contributed by atoms with van der Waals surface area (Å²) in [6.07, 6.45) is -4.58. The number of carbonyl (C=O) groups is 1. The van der Waals surface area contributed by atoms with Crippen LogP contribution in [0.1, 0.15) is 41.4 Å². The second-order valence-corrected chi connectivity index (χ2v) is 6.42. The number of esters is 1. The van der Waals surface area contributed by atoms with Crippen molar-refractivity contribution in [1.29, 1.82) is 0 Å². The van der Waals surface area contributed by atoms with Gasteiger partial charge in [0.1, 0.15) is 5.82 Å². The minimum Gasteiger partial charge on any atom is -0.404 e. The standard InChI is InChI=1S/C20H16F4N2O2/c1-12(2)17-11-18(26(25-17)16-8-4-7-15(21)10-16)28-19(27)13-5-3-6-14(9-13)20(22,23)24/h3-12H,1-2H3. The quantitative estimate of drug-likeness (QED) is 0.443. The normalized spacial score (nSPS) is 11.7. The van der Waals surface area contributed by atoms with Crippen molar-refractivity contribution in [1.82, 2.24) is 9.78 Å². The van der Waals surface area contributed by atoms with Crippen LogP contribution in [0.4, 0.5) is 17.6 Å². The second-order valence-electron chi connectivity index (χ2n) is 6.42. The van der Waals surface area contributed by atoms with Crippen LogP contribution >= 0.6 is 0 Å². The highest BCUT2D eigenvalue weighted by molar-refractivity contribution is 5.91. The summed E-state index contributed by atoms with van der Waals surface area (Å²) in [4.78, 5) is 12.4. The number of hydrogen-bond acceptors (Lipinski definition) is 3. The topological polar surface area (TPSA) is 44.1 Å². The van der Waals surface area contributed by atoms with Gasteiger partial charge >= 0.3 is 12.1 Å². The number of ether oxygens (including phenoxy) is 1. The molecule has 0 saturated heterocycles. The lowest BCUT2D eigenvalue weighted by Crippen LogP contribution is -2.13. The first-order valence-corrected chi connectivity index (χ1v) is 8.40. The fraction of sp³-hybridized carbons (Fsp3) is 0.200. The summed E-state index contributed by atoms with van der Waals surface area (Å²) in [6, 6.07) is 10.9. The number of benzene rings is 2. The number of rotatable bonds is 4. The summed E-state index contributed by atoms with van der Waals surface area (Å²) >= 11 is 0. The van der Waals surface area contributed by atoms with Crippen molar-refractivity contribution in [3.8, 4) is 11.6 Å². The Morgan fingerprint density at radius 3 is 2.43 bits per heavy atom. The van der Waals surface area contributed by atoms with Gasteiger partial charge in [-0.15, -0.1) is 0 Å². The molecule has 0 atom stereocenters. The number of hydrogen-bond donors (Lipinski definition) is 0. The first-order valence-electron chi connectivity index (χ1n) is 8.40. The van der Waals surface area contributed by atoms with Crippen LogP contribution in [-0.2, 0) is 6.18 Å². The molecule has 3 rings (SSSR count). The smallest absolute Gasteiger partial charge is 0.404 e. The lowest BCUT2D eigenvalue weighted by molar-refractivity contribution is -0.137. The summed E-state index contributed by atoms with van der Waals surface area (Å²) in [5.41, 5.74) is -0.314. The highest BCUT2D eigenvalue weighted by atomic mass is 19.4. The van der Waals surface area contributed by atoms with Gasteiger partial charge in [0.25, 0.3) is 0 Å². The SMILES string of the molecule is CC(C)c1cc(OC(=O)c2cccc(C(F)(F)F)c2)n(-c2cccc(F)c2)n1. The first-order chi connectivity index (χ1) is 13.1. The molecule has 1 aromatic heterocycles. The summed E-state index contributed by atoms with van der Waals surface area (Å²) in [5.74, 6) is -1.51. The zero-order valence-electron chi connectivity index (χ0n) is 15.0. The Hall–Kier alpha value is -3.16. The van der Waals surface area contributed by atoms with Crippen LogP contribution < -0.4 is 4.74 Å². The Morgan fingerprint density at radius 2 is 1.79 bits per heavy atom. The van der Waals surface area contributed by atoms with Gasteiger partial charge in [0.05, 0.1) is 22.5 Å². The molecular formula is C20H16F4N2O2. The van der Waals surface area contributed by atoms with Crippen LogP contribution in [0.15, 0.2) is 54.6 Å². The van der Waals surface area contributed by atoms with Gasteiger partial charge in [0, 0.05) is 6.07 Å². The van der Waals surface area contributed by atoms with Crippen LogP contribution in [0.5, 0.6) is 5.88 Å². The molecule has 146 valence electrons. The number of halogens is 4. The van der Waals surface area contributed by atoms with Crippen molar-refractivity contribution >= 4 is 5.97 Å². The molecule has 1 heterocycles. The predicted molar refractivity (Wildman–Crippen MR) is 94.0 cm³/mol. The molecule has 0 amide bonds. The van der Waals surface area contributed by atoms with Crippen molar-refractivity contribution in [2.75, 3.05) is 0 Å². The van der Waals surface area contributed by atoms with E-state index >= 15 is 0 Å². The van der Waals surface area contributed by atoms with Gasteiger partial charge in [-0.25, -0.2) is 13.9 Å². The molecule has 3 aromatic rings. The Bertz CT molecular complexity index is 1010. The third-order valence-electron chi connectivity index (χ3n) is 3.96. The van der Waals surface area contributed by atoms with E-state index in [1.165, 1.54) is 35.0 Å². The Morgan fingerprint density at radius 1 is 1.07 bits per heavy atom. The number of nitrogens with zero attached hydrogens (tertiary/aromatic N) is 2. The molecule has 28 heavy (non-hydrogen) atoms. The van der Waals surface area contributed by atoms with Crippen molar-refractivity contribution < 1.29 is 27.1 Å².